The molecule has 0 aliphatic heterocycles. The third-order valence-corrected chi connectivity index (χ3v) is 4.44. The van der Waals surface area contributed by atoms with Crippen molar-refractivity contribution in [3.05, 3.63) is 76.2 Å². The lowest BCUT2D eigenvalue weighted by molar-refractivity contribution is 0.102. The second kappa shape index (κ2) is 5.94. The van der Waals surface area contributed by atoms with E-state index in [0.29, 0.717) is 16.6 Å². The minimum Gasteiger partial charge on any atom is -0.361 e. The predicted molar refractivity (Wildman–Crippen MR) is 100 cm³/mol. The Bertz CT molecular complexity index is 1150. The number of para-hydroxylation sites is 1. The summed E-state index contributed by atoms with van der Waals surface area (Å²) in [6, 6.07) is 12.8. The number of amides is 1. The first-order chi connectivity index (χ1) is 12.2. The molecule has 1 amide bonds. The zero-order valence-corrected chi connectivity index (χ0v) is 13.7. The summed E-state index contributed by atoms with van der Waals surface area (Å²) < 4.78 is 0. The van der Waals surface area contributed by atoms with Crippen molar-refractivity contribution in [1.29, 1.82) is 0 Å². The third kappa shape index (κ3) is 2.59. The Morgan fingerprint density at radius 1 is 1.00 bits per heavy atom. The Kier molecular flexibility index (Phi) is 3.61. The fourth-order valence-corrected chi connectivity index (χ4v) is 3.09. The third-order valence-electron chi connectivity index (χ3n) is 4.44. The van der Waals surface area contributed by atoms with E-state index in [1.165, 1.54) is 11.8 Å². The molecule has 4 aromatic rings. The minimum atomic E-state index is -0.423. The second-order valence-electron chi connectivity index (χ2n) is 5.96. The predicted octanol–water partition coefficient (Wildman–Crippen LogP) is 3.82. The van der Waals surface area contributed by atoms with Crippen LogP contribution in [0.5, 0.6) is 0 Å². The van der Waals surface area contributed by atoms with Crippen molar-refractivity contribution in [2.75, 3.05) is 5.32 Å². The van der Waals surface area contributed by atoms with E-state index in [0.717, 1.165) is 17.3 Å². The van der Waals surface area contributed by atoms with Crippen molar-refractivity contribution < 1.29 is 4.79 Å². The summed E-state index contributed by atoms with van der Waals surface area (Å²) in [5, 5.41) is 4.45. The molecule has 0 radical (unpaired) electrons. The number of hydrogen-bond donors (Lipinski definition) is 3. The molecule has 0 aliphatic rings. The molecule has 0 saturated carbocycles. The van der Waals surface area contributed by atoms with E-state index in [-0.39, 0.29) is 11.0 Å². The maximum absolute atomic E-state index is 12.5. The van der Waals surface area contributed by atoms with Crippen molar-refractivity contribution in [2.24, 2.45) is 0 Å². The Labute approximate surface area is 143 Å². The molecule has 0 spiro atoms. The topological polar surface area (TPSA) is 77.8 Å². The fraction of sp³-hybridized carbons (Fsp3) is 0.100. The van der Waals surface area contributed by atoms with Gasteiger partial charge in [-0.05, 0) is 36.2 Å². The first-order valence-corrected chi connectivity index (χ1v) is 8.19. The van der Waals surface area contributed by atoms with E-state index in [4.69, 9.17) is 0 Å². The van der Waals surface area contributed by atoms with Crippen LogP contribution in [0.1, 0.15) is 22.8 Å². The molecule has 0 fully saturated rings. The Morgan fingerprint density at radius 3 is 2.64 bits per heavy atom. The summed E-state index contributed by atoms with van der Waals surface area (Å²) in [6.45, 7) is 2.10. The van der Waals surface area contributed by atoms with Crippen LogP contribution in [-0.2, 0) is 6.42 Å². The van der Waals surface area contributed by atoms with Crippen LogP contribution in [0, 0.1) is 0 Å². The van der Waals surface area contributed by atoms with Crippen molar-refractivity contribution >= 4 is 33.4 Å². The highest BCUT2D eigenvalue weighted by Crippen LogP contribution is 2.22. The summed E-state index contributed by atoms with van der Waals surface area (Å²) in [5.41, 5.74) is 3.38. The van der Waals surface area contributed by atoms with Crippen LogP contribution < -0.4 is 10.7 Å². The van der Waals surface area contributed by atoms with E-state index in [1.807, 2.05) is 36.5 Å². The van der Waals surface area contributed by atoms with Gasteiger partial charge in [-0.2, -0.15) is 0 Å². The lowest BCUT2D eigenvalue weighted by Crippen LogP contribution is -2.21. The van der Waals surface area contributed by atoms with Gasteiger partial charge in [0.1, 0.15) is 5.56 Å². The molecular formula is C20H17N3O2. The number of hydrogen-bond acceptors (Lipinski definition) is 2. The molecule has 0 saturated heterocycles. The number of aryl methyl sites for hydroxylation is 1. The molecule has 124 valence electrons. The zero-order chi connectivity index (χ0) is 17.4. The average Bonchev–Trinajstić information content (AvgIpc) is 3.04. The number of benzene rings is 2. The summed E-state index contributed by atoms with van der Waals surface area (Å²) in [7, 11) is 0. The maximum Gasteiger partial charge on any atom is 0.261 e. The van der Waals surface area contributed by atoms with Crippen LogP contribution in [0.25, 0.3) is 21.8 Å². The number of carbonyl (C=O) groups is 1. The molecule has 3 N–H and O–H groups in total. The average molecular weight is 331 g/mol. The van der Waals surface area contributed by atoms with Crippen LogP contribution in [0.4, 0.5) is 5.69 Å². The first kappa shape index (κ1) is 15.2. The van der Waals surface area contributed by atoms with E-state index in [2.05, 4.69) is 22.2 Å². The second-order valence-corrected chi connectivity index (χ2v) is 5.96. The number of fused-ring (bicyclic) bond motifs is 2. The van der Waals surface area contributed by atoms with Crippen LogP contribution in [0.3, 0.4) is 0 Å². The number of pyridine rings is 1. The lowest BCUT2D eigenvalue weighted by Gasteiger charge is -2.06. The van der Waals surface area contributed by atoms with Crippen LogP contribution in [-0.4, -0.2) is 15.9 Å². The minimum absolute atomic E-state index is 0.0968. The van der Waals surface area contributed by atoms with Crippen molar-refractivity contribution in [1.82, 2.24) is 9.97 Å². The quantitative estimate of drug-likeness (QED) is 0.533. The number of aromatic amines is 2. The molecule has 2 aromatic heterocycles. The largest absolute Gasteiger partial charge is 0.361 e. The molecular weight excluding hydrogens is 314 g/mol. The first-order valence-electron chi connectivity index (χ1n) is 8.19. The van der Waals surface area contributed by atoms with Crippen LogP contribution in [0.2, 0.25) is 0 Å². The van der Waals surface area contributed by atoms with Crippen molar-refractivity contribution in [3.8, 4) is 0 Å². The zero-order valence-electron chi connectivity index (χ0n) is 13.7. The molecule has 25 heavy (non-hydrogen) atoms. The van der Waals surface area contributed by atoms with Crippen molar-refractivity contribution in [3.63, 3.8) is 0 Å². The van der Waals surface area contributed by atoms with Gasteiger partial charge in [-0.1, -0.05) is 25.1 Å². The van der Waals surface area contributed by atoms with Gasteiger partial charge in [-0.3, -0.25) is 9.59 Å². The molecule has 4 rings (SSSR count). The monoisotopic (exact) mass is 331 g/mol. The molecule has 5 nitrogen and oxygen atoms in total. The van der Waals surface area contributed by atoms with Crippen molar-refractivity contribution in [2.45, 2.75) is 13.3 Å². The molecule has 0 bridgehead atoms. The van der Waals surface area contributed by atoms with E-state index < -0.39 is 5.91 Å². The molecule has 0 unspecified atom stereocenters. The normalized spacial score (nSPS) is 11.1. The van der Waals surface area contributed by atoms with Crippen LogP contribution in [0.15, 0.2) is 59.7 Å². The lowest BCUT2D eigenvalue weighted by atomic mass is 10.1. The number of rotatable bonds is 3. The highest BCUT2D eigenvalue weighted by molar-refractivity contribution is 6.06. The summed E-state index contributed by atoms with van der Waals surface area (Å²) in [4.78, 5) is 31.3. The molecule has 5 heteroatoms. The number of H-pyrrole nitrogens is 2. The molecule has 0 atom stereocenters. The molecule has 2 heterocycles. The van der Waals surface area contributed by atoms with Gasteiger partial charge in [0.2, 0.25) is 5.43 Å². The van der Waals surface area contributed by atoms with Gasteiger partial charge in [0.15, 0.2) is 0 Å². The number of carbonyl (C=O) groups excluding carboxylic acids is 1. The Hall–Kier alpha value is -3.34. The summed E-state index contributed by atoms with van der Waals surface area (Å²) in [5.74, 6) is -0.423. The van der Waals surface area contributed by atoms with Gasteiger partial charge in [0.25, 0.3) is 5.91 Å². The van der Waals surface area contributed by atoms with E-state index in [1.54, 1.807) is 12.1 Å². The highest BCUT2D eigenvalue weighted by Gasteiger charge is 2.13. The summed E-state index contributed by atoms with van der Waals surface area (Å²) >= 11 is 0. The standard InChI is InChI=1S/C20H17N3O2/c1-2-12-10-21-18-9-13(7-8-14(12)18)23-20(25)16-11-22-17-6-4-3-5-15(17)19(16)24/h3-11,21H,2H2,1H3,(H,22,24)(H,23,25). The number of nitrogens with one attached hydrogen (secondary N) is 3. The fourth-order valence-electron chi connectivity index (χ4n) is 3.09. The van der Waals surface area contributed by atoms with E-state index in [9.17, 15) is 9.59 Å². The number of anilines is 1. The smallest absolute Gasteiger partial charge is 0.261 e. The van der Waals surface area contributed by atoms with Crippen LogP contribution >= 0.6 is 0 Å². The van der Waals surface area contributed by atoms with Gasteiger partial charge in [-0.15, -0.1) is 0 Å². The SMILES string of the molecule is CCc1c[nH]c2cc(NC(=O)c3c[nH]c4ccccc4c3=O)ccc12. The number of aromatic nitrogens is 2. The van der Waals surface area contributed by atoms with Gasteiger partial charge in [-0.25, -0.2) is 0 Å². The summed E-state index contributed by atoms with van der Waals surface area (Å²) in [6.07, 6.45) is 4.38. The molecule has 2 aromatic carbocycles. The van der Waals surface area contributed by atoms with Gasteiger partial charge >= 0.3 is 0 Å². The highest BCUT2D eigenvalue weighted by atomic mass is 16.2. The van der Waals surface area contributed by atoms with E-state index >= 15 is 0 Å². The van der Waals surface area contributed by atoms with Gasteiger partial charge < -0.3 is 15.3 Å². The molecule has 0 aliphatic carbocycles. The maximum atomic E-state index is 12.5. The van der Waals surface area contributed by atoms with Gasteiger partial charge in [0.05, 0.1) is 0 Å². The van der Waals surface area contributed by atoms with Gasteiger partial charge in [0, 0.05) is 39.9 Å². The Balaban J connectivity index is 1.68. The Morgan fingerprint density at radius 2 is 1.80 bits per heavy atom.